The monoisotopic (exact) mass is 296 g/mol. The fourth-order valence-electron chi connectivity index (χ4n) is 2.03. The number of aryl methyl sites for hydroxylation is 1. The highest BCUT2D eigenvalue weighted by atomic mass is 35.5. The molecule has 0 aromatic heterocycles. The maximum absolute atomic E-state index is 12.0. The third-order valence-corrected chi connectivity index (χ3v) is 3.45. The van der Waals surface area contributed by atoms with Gasteiger partial charge in [-0.25, -0.2) is 4.99 Å². The Labute approximate surface area is 128 Å². The largest absolute Gasteiger partial charge is 0.305 e. The minimum atomic E-state index is -0.194. The van der Waals surface area contributed by atoms with Gasteiger partial charge in [-0.15, -0.1) is 0 Å². The smallest absolute Gasteiger partial charge is 0.275 e. The van der Waals surface area contributed by atoms with Crippen molar-refractivity contribution in [3.8, 4) is 0 Å². The molecule has 0 spiro atoms. The second-order valence-electron chi connectivity index (χ2n) is 4.86. The number of hydrogen-bond acceptors (Lipinski definition) is 2. The minimum Gasteiger partial charge on any atom is -0.305 e. The lowest BCUT2D eigenvalue weighted by Gasteiger charge is -2.00. The maximum atomic E-state index is 12.0. The van der Waals surface area contributed by atoms with E-state index in [1.165, 1.54) is 5.56 Å². The van der Waals surface area contributed by atoms with Crippen LogP contribution in [0.15, 0.2) is 59.2 Å². The molecule has 3 rings (SSSR count). The molecule has 1 heterocycles. The molecule has 0 atom stereocenters. The molecule has 104 valence electrons. The van der Waals surface area contributed by atoms with E-state index in [0.717, 1.165) is 11.1 Å². The second-order valence-corrected chi connectivity index (χ2v) is 5.30. The zero-order valence-electron chi connectivity index (χ0n) is 11.4. The first-order valence-electron chi connectivity index (χ1n) is 6.56. The third kappa shape index (κ3) is 3.03. The number of rotatable bonds is 2. The van der Waals surface area contributed by atoms with Crippen LogP contribution in [-0.4, -0.2) is 11.7 Å². The van der Waals surface area contributed by atoms with Gasteiger partial charge in [0.15, 0.2) is 0 Å². The van der Waals surface area contributed by atoms with Crippen LogP contribution in [0.2, 0.25) is 5.02 Å². The van der Waals surface area contributed by atoms with Gasteiger partial charge in [-0.1, -0.05) is 53.6 Å². The first-order valence-corrected chi connectivity index (χ1v) is 6.94. The Balaban J connectivity index is 1.91. The predicted octanol–water partition coefficient (Wildman–Crippen LogP) is 3.57. The highest BCUT2D eigenvalue weighted by molar-refractivity contribution is 6.30. The van der Waals surface area contributed by atoms with E-state index in [9.17, 15) is 4.79 Å². The summed E-state index contributed by atoms with van der Waals surface area (Å²) in [5.74, 6) is 0.390. The van der Waals surface area contributed by atoms with E-state index < -0.39 is 0 Å². The summed E-state index contributed by atoms with van der Waals surface area (Å²) in [4.78, 5) is 16.3. The number of nitrogens with one attached hydrogen (secondary N) is 1. The number of carbonyl (C=O) groups excluding carboxylic acids is 1. The van der Waals surface area contributed by atoms with Gasteiger partial charge in [-0.2, -0.15) is 0 Å². The molecule has 1 aliphatic heterocycles. The topological polar surface area (TPSA) is 41.5 Å². The van der Waals surface area contributed by atoms with Crippen molar-refractivity contribution in [3.05, 3.63) is 75.9 Å². The molecule has 21 heavy (non-hydrogen) atoms. The van der Waals surface area contributed by atoms with E-state index in [-0.39, 0.29) is 5.91 Å². The Morgan fingerprint density at radius 1 is 1.05 bits per heavy atom. The first-order chi connectivity index (χ1) is 10.1. The molecule has 1 aliphatic rings. The van der Waals surface area contributed by atoms with Gasteiger partial charge >= 0.3 is 0 Å². The summed E-state index contributed by atoms with van der Waals surface area (Å²) >= 11 is 5.85. The normalized spacial score (nSPS) is 16.0. The Morgan fingerprint density at radius 3 is 2.38 bits per heavy atom. The van der Waals surface area contributed by atoms with Crippen LogP contribution < -0.4 is 5.32 Å². The van der Waals surface area contributed by atoms with Gasteiger partial charge in [0.05, 0.1) is 0 Å². The quantitative estimate of drug-likeness (QED) is 0.846. The molecular weight excluding hydrogens is 284 g/mol. The van der Waals surface area contributed by atoms with Crippen LogP contribution in [0.1, 0.15) is 16.7 Å². The molecule has 0 bridgehead atoms. The predicted molar refractivity (Wildman–Crippen MR) is 85.3 cm³/mol. The van der Waals surface area contributed by atoms with Crippen LogP contribution in [-0.2, 0) is 4.79 Å². The fraction of sp³-hybridized carbons (Fsp3) is 0.0588. The number of amides is 1. The van der Waals surface area contributed by atoms with Crippen molar-refractivity contribution in [1.29, 1.82) is 0 Å². The number of nitrogens with zero attached hydrogens (tertiary/aromatic N) is 1. The van der Waals surface area contributed by atoms with E-state index in [2.05, 4.69) is 10.3 Å². The molecule has 0 fully saturated rings. The van der Waals surface area contributed by atoms with E-state index in [4.69, 9.17) is 11.6 Å². The summed E-state index contributed by atoms with van der Waals surface area (Å²) in [7, 11) is 0. The molecule has 1 N–H and O–H groups in total. The van der Waals surface area contributed by atoms with Gasteiger partial charge in [0, 0.05) is 10.6 Å². The molecule has 2 aromatic rings. The summed E-state index contributed by atoms with van der Waals surface area (Å²) in [6.45, 7) is 2.02. The van der Waals surface area contributed by atoms with Crippen molar-refractivity contribution < 1.29 is 4.79 Å². The van der Waals surface area contributed by atoms with Crippen molar-refractivity contribution in [1.82, 2.24) is 5.32 Å². The third-order valence-electron chi connectivity index (χ3n) is 3.20. The summed E-state index contributed by atoms with van der Waals surface area (Å²) in [6.07, 6.45) is 1.74. The summed E-state index contributed by atoms with van der Waals surface area (Å²) in [5.41, 5.74) is 3.35. The minimum absolute atomic E-state index is 0.194. The van der Waals surface area contributed by atoms with Gasteiger partial charge in [0.25, 0.3) is 5.91 Å². The van der Waals surface area contributed by atoms with Crippen molar-refractivity contribution in [3.63, 3.8) is 0 Å². The van der Waals surface area contributed by atoms with E-state index in [0.29, 0.717) is 16.6 Å². The number of carbonyl (C=O) groups is 1. The second kappa shape index (κ2) is 5.54. The standard InChI is InChI=1S/C17H13ClN2O/c1-11-2-6-13(7-3-11)16-19-15(17(21)20-16)10-12-4-8-14(18)9-5-12/h2-10H,1H3,(H,19,20,21). The van der Waals surface area contributed by atoms with Crippen molar-refractivity contribution in [2.75, 3.05) is 0 Å². The van der Waals surface area contributed by atoms with Gasteiger partial charge in [0.1, 0.15) is 11.5 Å². The molecular formula is C17H13ClN2O. The van der Waals surface area contributed by atoms with Gasteiger partial charge in [0.2, 0.25) is 0 Å². The molecule has 3 nitrogen and oxygen atoms in total. The molecule has 4 heteroatoms. The van der Waals surface area contributed by atoms with Crippen LogP contribution in [0.5, 0.6) is 0 Å². The first kappa shape index (κ1) is 13.6. The zero-order chi connectivity index (χ0) is 14.8. The summed E-state index contributed by atoms with van der Waals surface area (Å²) in [5, 5.41) is 3.45. The van der Waals surface area contributed by atoms with E-state index in [1.807, 2.05) is 43.3 Å². The van der Waals surface area contributed by atoms with Crippen LogP contribution in [0.4, 0.5) is 0 Å². The molecule has 0 aliphatic carbocycles. The van der Waals surface area contributed by atoms with Crippen molar-refractivity contribution >= 4 is 29.4 Å². The van der Waals surface area contributed by atoms with Crippen LogP contribution in [0.3, 0.4) is 0 Å². The van der Waals surface area contributed by atoms with Crippen LogP contribution >= 0.6 is 11.6 Å². The maximum Gasteiger partial charge on any atom is 0.275 e. The SMILES string of the molecule is Cc1ccc(C2=NC(=Cc3ccc(Cl)cc3)C(=O)N2)cc1. The number of amidine groups is 1. The lowest BCUT2D eigenvalue weighted by Crippen LogP contribution is -2.24. The molecule has 0 saturated heterocycles. The van der Waals surface area contributed by atoms with E-state index in [1.54, 1.807) is 18.2 Å². The van der Waals surface area contributed by atoms with Crippen molar-refractivity contribution in [2.24, 2.45) is 4.99 Å². The van der Waals surface area contributed by atoms with Gasteiger partial charge in [-0.05, 0) is 30.7 Å². The van der Waals surface area contributed by atoms with Crippen LogP contribution in [0, 0.1) is 6.92 Å². The zero-order valence-corrected chi connectivity index (χ0v) is 12.2. The molecule has 0 saturated carbocycles. The highest BCUT2D eigenvalue weighted by Crippen LogP contribution is 2.17. The Kier molecular flexibility index (Phi) is 3.59. The number of aliphatic imine (C=N–C) groups is 1. The Hall–Kier alpha value is -2.39. The van der Waals surface area contributed by atoms with E-state index >= 15 is 0 Å². The molecule has 0 radical (unpaired) electrons. The highest BCUT2D eigenvalue weighted by Gasteiger charge is 2.20. The summed E-state index contributed by atoms with van der Waals surface area (Å²) < 4.78 is 0. The lowest BCUT2D eigenvalue weighted by molar-refractivity contribution is -0.115. The number of hydrogen-bond donors (Lipinski definition) is 1. The Morgan fingerprint density at radius 2 is 1.71 bits per heavy atom. The van der Waals surface area contributed by atoms with Gasteiger partial charge < -0.3 is 5.32 Å². The van der Waals surface area contributed by atoms with Crippen molar-refractivity contribution in [2.45, 2.75) is 6.92 Å². The van der Waals surface area contributed by atoms with Crippen LogP contribution in [0.25, 0.3) is 6.08 Å². The molecule has 2 aromatic carbocycles. The lowest BCUT2D eigenvalue weighted by atomic mass is 10.1. The fourth-order valence-corrected chi connectivity index (χ4v) is 2.16. The number of halogens is 1. The molecule has 0 unspecified atom stereocenters. The molecule has 1 amide bonds. The number of benzene rings is 2. The van der Waals surface area contributed by atoms with Gasteiger partial charge in [-0.3, -0.25) is 4.79 Å². The Bertz CT molecular complexity index is 743. The average molecular weight is 297 g/mol. The summed E-state index contributed by atoms with van der Waals surface area (Å²) in [6, 6.07) is 15.1. The average Bonchev–Trinajstić information content (AvgIpc) is 2.83.